The van der Waals surface area contributed by atoms with Crippen molar-refractivity contribution >= 4 is 27.5 Å². The van der Waals surface area contributed by atoms with Crippen LogP contribution in [-0.4, -0.2) is 17.5 Å². The van der Waals surface area contributed by atoms with Crippen molar-refractivity contribution in [3.05, 3.63) is 52.8 Å². The summed E-state index contributed by atoms with van der Waals surface area (Å²) in [5, 5.41) is 2.80. The lowest BCUT2D eigenvalue weighted by Crippen LogP contribution is -2.13. The zero-order valence-corrected chi connectivity index (χ0v) is 12.7. The summed E-state index contributed by atoms with van der Waals surface area (Å²) in [5.74, 6) is 0.491. The Kier molecular flexibility index (Phi) is 5.12. The maximum absolute atomic E-state index is 12.1. The van der Waals surface area contributed by atoms with Gasteiger partial charge in [0.25, 0.3) is 5.91 Å². The lowest BCUT2D eigenvalue weighted by Gasteiger charge is -2.08. The van der Waals surface area contributed by atoms with Gasteiger partial charge in [-0.15, -0.1) is 0 Å². The summed E-state index contributed by atoms with van der Waals surface area (Å²) in [4.78, 5) is 16.2. The highest BCUT2D eigenvalue weighted by Crippen LogP contribution is 2.18. The first kappa shape index (κ1) is 14.5. The van der Waals surface area contributed by atoms with E-state index >= 15 is 0 Å². The lowest BCUT2D eigenvalue weighted by atomic mass is 10.2. The Labute approximate surface area is 126 Å². The highest BCUT2D eigenvalue weighted by atomic mass is 79.9. The van der Waals surface area contributed by atoms with Crippen molar-refractivity contribution in [1.29, 1.82) is 0 Å². The van der Waals surface area contributed by atoms with Crippen LogP contribution in [0.5, 0.6) is 5.75 Å². The van der Waals surface area contributed by atoms with E-state index in [1.807, 2.05) is 25.1 Å². The Balaban J connectivity index is 2.07. The number of hydrogen-bond donors (Lipinski definition) is 1. The Morgan fingerprint density at radius 3 is 2.85 bits per heavy atom. The second-order valence-corrected chi connectivity index (χ2v) is 4.99. The quantitative estimate of drug-likeness (QED) is 0.844. The Bertz CT molecular complexity index is 602. The molecule has 0 radical (unpaired) electrons. The van der Waals surface area contributed by atoms with Gasteiger partial charge in [-0.2, -0.15) is 0 Å². The predicted octanol–water partition coefficient (Wildman–Crippen LogP) is 3.89. The molecule has 1 aromatic heterocycles. The summed E-state index contributed by atoms with van der Waals surface area (Å²) in [6.07, 6.45) is 0.943. The van der Waals surface area contributed by atoms with E-state index in [1.54, 1.807) is 24.3 Å². The van der Waals surface area contributed by atoms with Gasteiger partial charge in [0.15, 0.2) is 0 Å². The van der Waals surface area contributed by atoms with Crippen molar-refractivity contribution in [1.82, 2.24) is 4.98 Å². The van der Waals surface area contributed by atoms with Crippen LogP contribution in [0.2, 0.25) is 0 Å². The standard InChI is InChI=1S/C15H15BrN2O2/c1-2-9-20-12-6-3-5-11(10-12)17-15(19)13-7-4-8-14(16)18-13/h3-8,10H,2,9H2,1H3,(H,17,19). The number of anilines is 1. The number of nitrogens with zero attached hydrogens (tertiary/aromatic N) is 1. The van der Waals surface area contributed by atoms with E-state index in [-0.39, 0.29) is 5.91 Å². The smallest absolute Gasteiger partial charge is 0.274 e. The van der Waals surface area contributed by atoms with Gasteiger partial charge < -0.3 is 10.1 Å². The minimum atomic E-state index is -0.251. The summed E-state index contributed by atoms with van der Waals surface area (Å²) in [5.41, 5.74) is 1.05. The number of nitrogens with one attached hydrogen (secondary N) is 1. The number of aromatic nitrogens is 1. The molecule has 5 heteroatoms. The van der Waals surface area contributed by atoms with Crippen molar-refractivity contribution < 1.29 is 9.53 Å². The molecule has 0 saturated heterocycles. The molecular weight excluding hydrogens is 320 g/mol. The molecule has 20 heavy (non-hydrogen) atoms. The van der Waals surface area contributed by atoms with E-state index in [4.69, 9.17) is 4.74 Å². The maximum atomic E-state index is 12.1. The largest absolute Gasteiger partial charge is 0.494 e. The van der Waals surface area contributed by atoms with Crippen LogP contribution in [0.4, 0.5) is 5.69 Å². The number of carbonyl (C=O) groups excluding carboxylic acids is 1. The van der Waals surface area contributed by atoms with Crippen LogP contribution < -0.4 is 10.1 Å². The van der Waals surface area contributed by atoms with Crippen LogP contribution in [0.3, 0.4) is 0 Å². The van der Waals surface area contributed by atoms with Crippen molar-refractivity contribution in [3.8, 4) is 5.75 Å². The molecule has 0 atom stereocenters. The average molecular weight is 335 g/mol. The number of amides is 1. The van der Waals surface area contributed by atoms with E-state index in [2.05, 4.69) is 26.2 Å². The van der Waals surface area contributed by atoms with E-state index in [9.17, 15) is 4.79 Å². The molecule has 0 fully saturated rings. The number of carbonyl (C=O) groups is 1. The lowest BCUT2D eigenvalue weighted by molar-refractivity contribution is 0.102. The van der Waals surface area contributed by atoms with E-state index in [0.717, 1.165) is 12.2 Å². The number of pyridine rings is 1. The van der Waals surface area contributed by atoms with Crippen LogP contribution in [0.15, 0.2) is 47.1 Å². The topological polar surface area (TPSA) is 51.2 Å². The van der Waals surface area contributed by atoms with Gasteiger partial charge in [0.05, 0.1) is 6.61 Å². The van der Waals surface area contributed by atoms with Gasteiger partial charge in [0, 0.05) is 11.8 Å². The third-order valence-corrected chi connectivity index (χ3v) is 2.95. The second-order valence-electron chi connectivity index (χ2n) is 4.18. The van der Waals surface area contributed by atoms with Crippen molar-refractivity contribution in [3.63, 3.8) is 0 Å². The van der Waals surface area contributed by atoms with Crippen LogP contribution in [0.25, 0.3) is 0 Å². The third kappa shape index (κ3) is 4.06. The van der Waals surface area contributed by atoms with Gasteiger partial charge >= 0.3 is 0 Å². The predicted molar refractivity (Wildman–Crippen MR) is 82.1 cm³/mol. The summed E-state index contributed by atoms with van der Waals surface area (Å²) >= 11 is 3.24. The first-order chi connectivity index (χ1) is 9.69. The van der Waals surface area contributed by atoms with Gasteiger partial charge in [-0.3, -0.25) is 4.79 Å². The van der Waals surface area contributed by atoms with Crippen molar-refractivity contribution in [2.45, 2.75) is 13.3 Å². The number of halogens is 1. The molecule has 0 aliphatic heterocycles. The minimum Gasteiger partial charge on any atom is -0.494 e. The van der Waals surface area contributed by atoms with Crippen molar-refractivity contribution in [2.75, 3.05) is 11.9 Å². The highest BCUT2D eigenvalue weighted by molar-refractivity contribution is 9.10. The molecular formula is C15H15BrN2O2. The van der Waals surface area contributed by atoms with Gasteiger partial charge in [0.1, 0.15) is 16.0 Å². The Hall–Kier alpha value is -1.88. The highest BCUT2D eigenvalue weighted by Gasteiger charge is 2.08. The normalized spacial score (nSPS) is 10.1. The minimum absolute atomic E-state index is 0.251. The number of benzene rings is 1. The van der Waals surface area contributed by atoms with E-state index in [1.165, 1.54) is 0 Å². The fraction of sp³-hybridized carbons (Fsp3) is 0.200. The molecule has 1 heterocycles. The van der Waals surface area contributed by atoms with Crippen molar-refractivity contribution in [2.24, 2.45) is 0 Å². The van der Waals surface area contributed by atoms with Gasteiger partial charge in [-0.05, 0) is 46.6 Å². The Morgan fingerprint density at radius 2 is 2.10 bits per heavy atom. The monoisotopic (exact) mass is 334 g/mol. The molecule has 1 aromatic carbocycles. The average Bonchev–Trinajstić information content (AvgIpc) is 2.45. The summed E-state index contributed by atoms with van der Waals surface area (Å²) in [6.45, 7) is 2.70. The summed E-state index contributed by atoms with van der Waals surface area (Å²) < 4.78 is 6.16. The molecule has 104 valence electrons. The van der Waals surface area contributed by atoms with Crippen LogP contribution in [-0.2, 0) is 0 Å². The third-order valence-electron chi connectivity index (χ3n) is 2.51. The molecule has 0 unspecified atom stereocenters. The molecule has 0 aliphatic rings. The van der Waals surface area contributed by atoms with Gasteiger partial charge in [-0.1, -0.05) is 19.1 Å². The molecule has 1 amide bonds. The molecule has 4 nitrogen and oxygen atoms in total. The van der Waals surface area contributed by atoms with Crippen LogP contribution in [0.1, 0.15) is 23.8 Å². The first-order valence-corrected chi connectivity index (χ1v) is 7.15. The molecule has 0 aliphatic carbocycles. The zero-order valence-electron chi connectivity index (χ0n) is 11.1. The second kappa shape index (κ2) is 7.05. The zero-order chi connectivity index (χ0) is 14.4. The van der Waals surface area contributed by atoms with Crippen LogP contribution >= 0.6 is 15.9 Å². The summed E-state index contributed by atoms with van der Waals surface area (Å²) in [7, 11) is 0. The maximum Gasteiger partial charge on any atom is 0.274 e. The molecule has 0 spiro atoms. The molecule has 2 aromatic rings. The molecule has 0 saturated carbocycles. The SMILES string of the molecule is CCCOc1cccc(NC(=O)c2cccc(Br)n2)c1. The molecule has 2 rings (SSSR count). The van der Waals surface area contributed by atoms with E-state index < -0.39 is 0 Å². The van der Waals surface area contributed by atoms with Crippen LogP contribution in [0, 0.1) is 0 Å². The fourth-order valence-corrected chi connectivity index (χ4v) is 1.96. The van der Waals surface area contributed by atoms with Gasteiger partial charge in [0.2, 0.25) is 0 Å². The number of hydrogen-bond acceptors (Lipinski definition) is 3. The van der Waals surface area contributed by atoms with E-state index in [0.29, 0.717) is 22.6 Å². The Morgan fingerprint density at radius 1 is 1.30 bits per heavy atom. The number of ether oxygens (including phenoxy) is 1. The first-order valence-electron chi connectivity index (χ1n) is 6.36. The van der Waals surface area contributed by atoms with Gasteiger partial charge in [-0.25, -0.2) is 4.98 Å². The molecule has 0 bridgehead atoms. The fourth-order valence-electron chi connectivity index (χ4n) is 1.61. The molecule has 1 N–H and O–H groups in total. The number of rotatable bonds is 5. The summed E-state index contributed by atoms with van der Waals surface area (Å²) in [6, 6.07) is 12.5.